The van der Waals surface area contributed by atoms with Crippen LogP contribution < -0.4 is 26.0 Å². The number of nitrogens with zero attached hydrogens (tertiary/aromatic N) is 3. The van der Waals surface area contributed by atoms with Gasteiger partial charge in [-0.1, -0.05) is 48.5 Å². The number of hydrogen-bond acceptors (Lipinski definition) is 10. The van der Waals surface area contributed by atoms with E-state index in [1.807, 2.05) is 54.6 Å². The van der Waals surface area contributed by atoms with Crippen molar-refractivity contribution < 1.29 is 34.1 Å². The summed E-state index contributed by atoms with van der Waals surface area (Å²) in [5.41, 5.74) is 4.63. The minimum Gasteiger partial charge on any atom is -0.506 e. The van der Waals surface area contributed by atoms with Gasteiger partial charge in [0.2, 0.25) is 5.91 Å². The number of alkyl carbamates (subject to hydrolysis) is 1. The number of aromatic nitrogens is 2. The molecule has 14 nitrogen and oxygen atoms in total. The number of aromatic hydroxyl groups is 1. The fourth-order valence-electron chi connectivity index (χ4n) is 7.86. The van der Waals surface area contributed by atoms with Crippen LogP contribution in [-0.2, 0) is 29.6 Å². The SMILES string of the molecule is Cn1nc(C(=O)NCCCCNC[C@H](O)c2ccc(O)c3c2CCC(=O)N3)cc1COc1cccc([C@@H](NC(=O)O[C@H]2CN3CCC2CC3)c2ccccc2)c1. The van der Waals surface area contributed by atoms with Crippen molar-refractivity contribution in [2.45, 2.75) is 63.4 Å². The highest BCUT2D eigenvalue weighted by atomic mass is 16.6. The lowest BCUT2D eigenvalue weighted by Gasteiger charge is -2.43. The van der Waals surface area contributed by atoms with Gasteiger partial charge in [0.25, 0.3) is 5.91 Å². The third-order valence-electron chi connectivity index (χ3n) is 11.0. The average molecular weight is 766 g/mol. The van der Waals surface area contributed by atoms with Crippen LogP contribution in [0.1, 0.15) is 82.7 Å². The number of carbonyl (C=O) groups is 3. The molecule has 0 unspecified atom stereocenters. The summed E-state index contributed by atoms with van der Waals surface area (Å²) >= 11 is 0. The highest BCUT2D eigenvalue weighted by Crippen LogP contribution is 2.36. The van der Waals surface area contributed by atoms with Crippen LogP contribution in [0.5, 0.6) is 11.5 Å². The molecular weight excluding hydrogens is 715 g/mol. The topological polar surface area (TPSA) is 179 Å². The van der Waals surface area contributed by atoms with Crippen LogP contribution in [0.4, 0.5) is 10.5 Å². The van der Waals surface area contributed by atoms with E-state index in [0.717, 1.165) is 67.7 Å². The fourth-order valence-corrected chi connectivity index (χ4v) is 7.86. The van der Waals surface area contributed by atoms with E-state index >= 15 is 0 Å². The highest BCUT2D eigenvalue weighted by Gasteiger charge is 2.37. The van der Waals surface area contributed by atoms with Gasteiger partial charge in [-0.15, -0.1) is 0 Å². The van der Waals surface area contributed by atoms with Gasteiger partial charge in [0, 0.05) is 33.1 Å². The number of benzene rings is 3. The summed E-state index contributed by atoms with van der Waals surface area (Å²) in [7, 11) is 1.77. The van der Waals surface area contributed by atoms with Gasteiger partial charge < -0.3 is 41.0 Å². The molecule has 3 amide bonds. The van der Waals surface area contributed by atoms with Crippen molar-refractivity contribution in [1.82, 2.24) is 30.6 Å². The number of amides is 3. The predicted octanol–water partition coefficient (Wildman–Crippen LogP) is 4.33. The second-order valence-corrected chi connectivity index (χ2v) is 14.8. The van der Waals surface area contributed by atoms with E-state index in [4.69, 9.17) is 9.47 Å². The van der Waals surface area contributed by atoms with E-state index < -0.39 is 18.2 Å². The van der Waals surface area contributed by atoms with Crippen LogP contribution >= 0.6 is 0 Å². The van der Waals surface area contributed by atoms with Crippen molar-refractivity contribution in [2.75, 3.05) is 44.6 Å². The summed E-state index contributed by atoms with van der Waals surface area (Å²) in [6, 6.07) is 21.9. The number of nitrogens with one attached hydrogen (secondary N) is 4. The first kappa shape index (κ1) is 38.8. The van der Waals surface area contributed by atoms with E-state index in [9.17, 15) is 24.6 Å². The number of hydrogen-bond donors (Lipinski definition) is 6. The molecule has 4 aliphatic heterocycles. The molecular formula is C42H51N7O7. The minimum absolute atomic E-state index is 0.00214. The summed E-state index contributed by atoms with van der Waals surface area (Å²) in [6.07, 6.45) is 3.09. The Hall–Kier alpha value is -5.44. The molecule has 0 saturated carbocycles. The van der Waals surface area contributed by atoms with E-state index in [2.05, 4.69) is 31.3 Å². The summed E-state index contributed by atoms with van der Waals surface area (Å²) in [6.45, 7) is 4.55. The predicted molar refractivity (Wildman–Crippen MR) is 209 cm³/mol. The van der Waals surface area contributed by atoms with Crippen LogP contribution in [0.2, 0.25) is 0 Å². The van der Waals surface area contributed by atoms with E-state index in [0.29, 0.717) is 61.1 Å². The summed E-state index contributed by atoms with van der Waals surface area (Å²) < 4.78 is 13.8. The second-order valence-electron chi connectivity index (χ2n) is 14.8. The Labute approximate surface area is 326 Å². The number of aryl methyl sites for hydroxylation is 1. The Morgan fingerprint density at radius 1 is 0.982 bits per heavy atom. The van der Waals surface area contributed by atoms with Gasteiger partial charge in [0.1, 0.15) is 24.2 Å². The zero-order valence-corrected chi connectivity index (χ0v) is 31.7. The van der Waals surface area contributed by atoms with Gasteiger partial charge in [-0.25, -0.2) is 4.79 Å². The number of carbonyl (C=O) groups excluding carboxylic acids is 3. The Balaban J connectivity index is 0.861. The third kappa shape index (κ3) is 9.49. The minimum atomic E-state index is -0.788. The molecule has 4 aliphatic rings. The monoisotopic (exact) mass is 765 g/mol. The molecule has 6 N–H and O–H groups in total. The number of ether oxygens (including phenoxy) is 2. The first-order valence-corrected chi connectivity index (χ1v) is 19.5. The number of aliphatic hydroxyl groups is 1. The fraction of sp³-hybridized carbons (Fsp3) is 0.429. The number of piperidine rings is 3. The lowest BCUT2D eigenvalue weighted by Crippen LogP contribution is -2.52. The van der Waals surface area contributed by atoms with E-state index in [-0.39, 0.29) is 30.3 Å². The molecule has 0 radical (unpaired) electrons. The second kappa shape index (κ2) is 18.0. The van der Waals surface area contributed by atoms with Crippen LogP contribution in [0, 0.1) is 5.92 Å². The van der Waals surface area contributed by atoms with Crippen molar-refractivity contribution in [3.05, 3.63) is 106 Å². The molecule has 2 bridgehead atoms. The summed E-state index contributed by atoms with van der Waals surface area (Å²) in [4.78, 5) is 40.3. The van der Waals surface area contributed by atoms with Gasteiger partial charge in [-0.2, -0.15) is 5.10 Å². The Morgan fingerprint density at radius 2 is 1.77 bits per heavy atom. The molecule has 4 aromatic rings. The zero-order chi connectivity index (χ0) is 39.0. The lowest BCUT2D eigenvalue weighted by molar-refractivity contribution is -0.116. The summed E-state index contributed by atoms with van der Waals surface area (Å²) in [5, 5.41) is 37.3. The normalized spacial score (nSPS) is 19.7. The van der Waals surface area contributed by atoms with Crippen molar-refractivity contribution in [1.29, 1.82) is 0 Å². The Morgan fingerprint density at radius 3 is 2.55 bits per heavy atom. The number of rotatable bonds is 16. The number of aliphatic hydroxyl groups excluding tert-OH is 1. The number of anilines is 1. The molecule has 56 heavy (non-hydrogen) atoms. The van der Waals surface area contributed by atoms with Crippen LogP contribution in [0.25, 0.3) is 0 Å². The first-order valence-electron chi connectivity index (χ1n) is 19.5. The van der Waals surface area contributed by atoms with Gasteiger partial charge in [-0.3, -0.25) is 19.2 Å². The number of phenolic OH excluding ortho intramolecular Hbond substituents is 1. The maximum atomic E-state index is 13.2. The Kier molecular flexibility index (Phi) is 12.5. The largest absolute Gasteiger partial charge is 0.506 e. The van der Waals surface area contributed by atoms with E-state index in [1.165, 1.54) is 6.07 Å². The molecule has 5 heterocycles. The Bertz CT molecular complexity index is 2000. The smallest absolute Gasteiger partial charge is 0.408 e. The van der Waals surface area contributed by atoms with Gasteiger partial charge in [-0.05, 0) is 104 Å². The molecule has 0 aliphatic carbocycles. The molecule has 3 saturated heterocycles. The number of phenols is 1. The van der Waals surface area contributed by atoms with Crippen LogP contribution in [0.3, 0.4) is 0 Å². The highest BCUT2D eigenvalue weighted by molar-refractivity contribution is 5.96. The standard InChI is InChI=1S/C42H51N7O7/c1-48-30(23-34(47-48)41(53)44-19-6-5-18-43-24-36(51)32-12-14-35(50)40-33(32)13-15-38(52)45-40)26-55-31-11-7-10-29(22-31)39(28-8-3-2-4-9-28)46-42(54)56-37-25-49-20-16-27(37)17-21-49/h2-4,7-12,14,22-23,27,36-37,39,43,50-51H,5-6,13,15-21,24-26H2,1H3,(H,44,53)(H,45,52)(H,46,54)/t36-,37-,39-/m0/s1. The number of fused-ring (bicyclic) bond motifs is 4. The first-order chi connectivity index (χ1) is 27.2. The van der Waals surface area contributed by atoms with Gasteiger partial charge in [0.15, 0.2) is 5.69 Å². The maximum Gasteiger partial charge on any atom is 0.408 e. The summed E-state index contributed by atoms with van der Waals surface area (Å²) in [5.74, 6) is 0.597. The molecule has 0 spiro atoms. The van der Waals surface area contributed by atoms with Crippen LogP contribution in [0.15, 0.2) is 72.8 Å². The maximum absolute atomic E-state index is 13.2. The molecule has 14 heteroatoms. The van der Waals surface area contributed by atoms with Crippen molar-refractivity contribution in [3.8, 4) is 11.5 Å². The lowest BCUT2D eigenvalue weighted by atomic mass is 9.86. The molecule has 1 aromatic heterocycles. The zero-order valence-electron chi connectivity index (χ0n) is 31.7. The van der Waals surface area contributed by atoms with Gasteiger partial charge >= 0.3 is 6.09 Å². The van der Waals surface area contributed by atoms with Crippen molar-refractivity contribution in [3.63, 3.8) is 0 Å². The molecule has 3 fully saturated rings. The van der Waals surface area contributed by atoms with Crippen molar-refractivity contribution >= 4 is 23.6 Å². The third-order valence-corrected chi connectivity index (χ3v) is 11.0. The van der Waals surface area contributed by atoms with E-state index in [1.54, 1.807) is 23.9 Å². The molecule has 296 valence electrons. The average Bonchev–Trinajstić information content (AvgIpc) is 3.60. The molecule has 3 atom stereocenters. The van der Waals surface area contributed by atoms with Gasteiger partial charge in [0.05, 0.1) is 23.5 Å². The number of unbranched alkanes of at least 4 members (excludes halogenated alkanes) is 1. The molecule has 8 rings (SSSR count). The quantitative estimate of drug-likeness (QED) is 0.0711. The molecule has 3 aromatic carbocycles. The van der Waals surface area contributed by atoms with Crippen molar-refractivity contribution in [2.24, 2.45) is 13.0 Å². The van der Waals surface area contributed by atoms with Crippen LogP contribution in [-0.4, -0.2) is 88.2 Å².